The molecule has 23 heavy (non-hydrogen) atoms. The van der Waals surface area contributed by atoms with E-state index in [2.05, 4.69) is 29.6 Å². The summed E-state index contributed by atoms with van der Waals surface area (Å²) in [6.07, 6.45) is 8.19. The van der Waals surface area contributed by atoms with Crippen molar-refractivity contribution in [1.82, 2.24) is 10.3 Å². The molecule has 1 heterocycles. The normalized spacial score (nSPS) is 13.6. The molecule has 0 fully saturated rings. The molecule has 1 aliphatic rings. The third-order valence-electron chi connectivity index (χ3n) is 4.26. The van der Waals surface area contributed by atoms with E-state index in [1.54, 1.807) is 0 Å². The average Bonchev–Trinajstić information content (AvgIpc) is 3.01. The van der Waals surface area contributed by atoms with Gasteiger partial charge in [0.25, 0.3) is 0 Å². The molecule has 0 atom stereocenters. The first-order valence-corrected chi connectivity index (χ1v) is 9.41. The van der Waals surface area contributed by atoms with Crippen LogP contribution in [0, 0.1) is 0 Å². The molecule has 3 rings (SSSR count). The van der Waals surface area contributed by atoms with Crippen LogP contribution in [-0.4, -0.2) is 17.4 Å². The third kappa shape index (κ3) is 4.90. The molecule has 3 nitrogen and oxygen atoms in total. The van der Waals surface area contributed by atoms with Gasteiger partial charge in [-0.15, -0.1) is 11.3 Å². The Bertz CT molecular complexity index is 613. The topological polar surface area (TPSA) is 42.0 Å². The van der Waals surface area contributed by atoms with Crippen molar-refractivity contribution >= 4 is 17.2 Å². The van der Waals surface area contributed by atoms with Gasteiger partial charge in [0.05, 0.1) is 10.7 Å². The lowest BCUT2D eigenvalue weighted by molar-refractivity contribution is -0.121. The van der Waals surface area contributed by atoms with Crippen LogP contribution in [0.5, 0.6) is 0 Å². The zero-order valence-corrected chi connectivity index (χ0v) is 14.3. The van der Waals surface area contributed by atoms with Crippen LogP contribution in [0.4, 0.5) is 0 Å². The van der Waals surface area contributed by atoms with E-state index in [0.717, 1.165) is 37.2 Å². The Hall–Kier alpha value is -1.68. The number of hydrogen-bond acceptors (Lipinski definition) is 3. The van der Waals surface area contributed by atoms with Crippen LogP contribution < -0.4 is 5.32 Å². The molecule has 0 unspecified atom stereocenters. The van der Waals surface area contributed by atoms with Gasteiger partial charge in [0.1, 0.15) is 0 Å². The molecule has 0 bridgehead atoms. The van der Waals surface area contributed by atoms with E-state index in [-0.39, 0.29) is 5.91 Å². The zero-order chi connectivity index (χ0) is 15.9. The highest BCUT2D eigenvalue weighted by molar-refractivity contribution is 7.11. The third-order valence-corrected chi connectivity index (χ3v) is 5.48. The number of carbonyl (C=O) groups excluding carboxylic acids is 1. The molecule has 0 saturated carbocycles. The quantitative estimate of drug-likeness (QED) is 0.787. The number of carbonyl (C=O) groups is 1. The molecule has 1 amide bonds. The van der Waals surface area contributed by atoms with E-state index >= 15 is 0 Å². The van der Waals surface area contributed by atoms with E-state index in [9.17, 15) is 4.79 Å². The summed E-state index contributed by atoms with van der Waals surface area (Å²) in [5, 5.41) is 4.16. The molecular weight excluding hydrogens is 304 g/mol. The highest BCUT2D eigenvalue weighted by Crippen LogP contribution is 2.27. The van der Waals surface area contributed by atoms with Crippen LogP contribution >= 0.6 is 11.3 Å². The minimum absolute atomic E-state index is 0.145. The van der Waals surface area contributed by atoms with E-state index in [1.807, 2.05) is 17.4 Å². The monoisotopic (exact) mass is 328 g/mol. The van der Waals surface area contributed by atoms with Crippen molar-refractivity contribution < 1.29 is 4.79 Å². The number of nitrogens with zero attached hydrogens (tertiary/aromatic N) is 1. The number of hydrogen-bond donors (Lipinski definition) is 1. The SMILES string of the molecule is O=C(CCc1nc2c(s1)CCCC2)NCCCc1ccccc1. The summed E-state index contributed by atoms with van der Waals surface area (Å²) in [4.78, 5) is 18.1. The van der Waals surface area contributed by atoms with E-state index in [0.29, 0.717) is 6.42 Å². The molecule has 122 valence electrons. The molecule has 1 aromatic heterocycles. The summed E-state index contributed by atoms with van der Waals surface area (Å²) >= 11 is 1.81. The second kappa shape index (κ2) is 8.25. The van der Waals surface area contributed by atoms with Gasteiger partial charge >= 0.3 is 0 Å². The molecular formula is C19H24N2OS. The van der Waals surface area contributed by atoms with Crippen molar-refractivity contribution in [3.05, 3.63) is 51.5 Å². The summed E-state index contributed by atoms with van der Waals surface area (Å²) in [5.74, 6) is 0.145. The van der Waals surface area contributed by atoms with E-state index in [1.165, 1.54) is 35.4 Å². The molecule has 0 spiro atoms. The van der Waals surface area contributed by atoms with Crippen LogP contribution in [0.3, 0.4) is 0 Å². The Morgan fingerprint density at radius 3 is 2.78 bits per heavy atom. The number of rotatable bonds is 7. The first kappa shape index (κ1) is 16.2. The fraction of sp³-hybridized carbons (Fsp3) is 0.474. The molecule has 0 aliphatic heterocycles. The second-order valence-electron chi connectivity index (χ2n) is 6.12. The minimum atomic E-state index is 0.145. The molecule has 2 aromatic rings. The Morgan fingerprint density at radius 1 is 1.13 bits per heavy atom. The lowest BCUT2D eigenvalue weighted by Crippen LogP contribution is -2.24. The van der Waals surface area contributed by atoms with Gasteiger partial charge in [-0.25, -0.2) is 4.98 Å². The highest BCUT2D eigenvalue weighted by Gasteiger charge is 2.15. The predicted molar refractivity (Wildman–Crippen MR) is 94.8 cm³/mol. The van der Waals surface area contributed by atoms with E-state index < -0.39 is 0 Å². The lowest BCUT2D eigenvalue weighted by Gasteiger charge is -2.06. The Kier molecular flexibility index (Phi) is 5.81. The molecule has 1 aromatic carbocycles. The maximum Gasteiger partial charge on any atom is 0.220 e. The summed E-state index contributed by atoms with van der Waals surface area (Å²) in [6.45, 7) is 0.752. The zero-order valence-electron chi connectivity index (χ0n) is 13.5. The molecule has 4 heteroatoms. The molecule has 0 radical (unpaired) electrons. The number of thiazole rings is 1. The van der Waals surface area contributed by atoms with Gasteiger partial charge in [0, 0.05) is 24.3 Å². The Labute approximate surface area is 142 Å². The van der Waals surface area contributed by atoms with Gasteiger partial charge in [0.15, 0.2) is 0 Å². The van der Waals surface area contributed by atoms with Crippen LogP contribution in [0.15, 0.2) is 30.3 Å². The summed E-state index contributed by atoms with van der Waals surface area (Å²) < 4.78 is 0. The number of amides is 1. The first-order chi connectivity index (χ1) is 11.3. The number of benzene rings is 1. The van der Waals surface area contributed by atoms with Crippen molar-refractivity contribution in [2.24, 2.45) is 0 Å². The first-order valence-electron chi connectivity index (χ1n) is 8.59. The van der Waals surface area contributed by atoms with Crippen LogP contribution in [0.1, 0.15) is 46.8 Å². The number of fused-ring (bicyclic) bond motifs is 1. The van der Waals surface area contributed by atoms with Crippen molar-refractivity contribution in [1.29, 1.82) is 0 Å². The average molecular weight is 328 g/mol. The van der Waals surface area contributed by atoms with Gasteiger partial charge in [-0.2, -0.15) is 0 Å². The van der Waals surface area contributed by atoms with Gasteiger partial charge in [-0.3, -0.25) is 4.79 Å². The second-order valence-corrected chi connectivity index (χ2v) is 7.29. The van der Waals surface area contributed by atoms with Gasteiger partial charge in [-0.1, -0.05) is 30.3 Å². The Balaban J connectivity index is 1.34. The van der Waals surface area contributed by atoms with Crippen molar-refractivity contribution in [2.75, 3.05) is 6.54 Å². The van der Waals surface area contributed by atoms with Crippen molar-refractivity contribution in [3.63, 3.8) is 0 Å². The number of nitrogens with one attached hydrogen (secondary N) is 1. The van der Waals surface area contributed by atoms with Crippen LogP contribution in [0.25, 0.3) is 0 Å². The standard InChI is InChI=1S/C19H24N2OS/c22-18(20-14-6-9-15-7-2-1-3-8-15)12-13-19-21-16-10-4-5-11-17(16)23-19/h1-3,7-8H,4-6,9-14H2,(H,20,22). The van der Waals surface area contributed by atoms with Crippen LogP contribution in [0.2, 0.25) is 0 Å². The maximum atomic E-state index is 11.9. The molecule has 1 aliphatic carbocycles. The minimum Gasteiger partial charge on any atom is -0.356 e. The number of aryl methyl sites for hydroxylation is 4. The molecule has 0 saturated heterocycles. The van der Waals surface area contributed by atoms with Crippen molar-refractivity contribution in [2.45, 2.75) is 51.4 Å². The smallest absolute Gasteiger partial charge is 0.220 e. The predicted octanol–water partition coefficient (Wildman–Crippen LogP) is 3.70. The van der Waals surface area contributed by atoms with Crippen LogP contribution in [-0.2, 0) is 30.5 Å². The van der Waals surface area contributed by atoms with Crippen molar-refractivity contribution in [3.8, 4) is 0 Å². The Morgan fingerprint density at radius 2 is 1.96 bits per heavy atom. The van der Waals surface area contributed by atoms with Gasteiger partial charge < -0.3 is 5.32 Å². The van der Waals surface area contributed by atoms with Gasteiger partial charge in [0.2, 0.25) is 5.91 Å². The lowest BCUT2D eigenvalue weighted by atomic mass is 10.0. The maximum absolute atomic E-state index is 11.9. The summed E-state index contributed by atoms with van der Waals surface area (Å²) in [7, 11) is 0. The summed E-state index contributed by atoms with van der Waals surface area (Å²) in [5.41, 5.74) is 2.62. The number of aromatic nitrogens is 1. The van der Waals surface area contributed by atoms with E-state index in [4.69, 9.17) is 4.98 Å². The molecule has 1 N–H and O–H groups in total. The largest absolute Gasteiger partial charge is 0.356 e. The summed E-state index contributed by atoms with van der Waals surface area (Å²) in [6, 6.07) is 10.4. The fourth-order valence-corrected chi connectivity index (χ4v) is 4.14. The van der Waals surface area contributed by atoms with Gasteiger partial charge in [-0.05, 0) is 44.1 Å². The fourth-order valence-electron chi connectivity index (χ4n) is 2.99. The highest BCUT2D eigenvalue weighted by atomic mass is 32.1.